The van der Waals surface area contributed by atoms with E-state index in [0.717, 1.165) is 25.7 Å². The van der Waals surface area contributed by atoms with Crippen LogP contribution in [-0.4, -0.2) is 30.3 Å². The van der Waals surface area contributed by atoms with Crippen LogP contribution in [0.1, 0.15) is 25.7 Å². The van der Waals surface area contributed by atoms with Gasteiger partial charge in [0.1, 0.15) is 0 Å². The van der Waals surface area contributed by atoms with Gasteiger partial charge in [0.25, 0.3) is 0 Å². The Morgan fingerprint density at radius 1 is 1.29 bits per heavy atom. The highest BCUT2D eigenvalue weighted by Gasteiger charge is 2.34. The molecule has 0 saturated heterocycles. The minimum Gasteiger partial charge on any atom is -0.307 e. The SMILES string of the molecule is CSC1(CNCC(F)(F)F)CCCC1. The van der Waals surface area contributed by atoms with Crippen LogP contribution >= 0.6 is 11.8 Å². The molecule has 0 aromatic heterocycles. The van der Waals surface area contributed by atoms with E-state index < -0.39 is 12.7 Å². The van der Waals surface area contributed by atoms with E-state index in [1.807, 2.05) is 6.26 Å². The lowest BCUT2D eigenvalue weighted by molar-refractivity contribution is -0.124. The highest BCUT2D eigenvalue weighted by Crippen LogP contribution is 2.39. The monoisotopic (exact) mass is 227 g/mol. The van der Waals surface area contributed by atoms with Gasteiger partial charge in [-0.15, -0.1) is 0 Å². The summed E-state index contributed by atoms with van der Waals surface area (Å²) in [6.45, 7) is -0.386. The van der Waals surface area contributed by atoms with E-state index in [0.29, 0.717) is 6.54 Å². The first-order valence-electron chi connectivity index (χ1n) is 4.80. The number of rotatable bonds is 4. The van der Waals surface area contributed by atoms with Crippen LogP contribution in [0.2, 0.25) is 0 Å². The molecule has 0 aromatic rings. The molecule has 14 heavy (non-hydrogen) atoms. The largest absolute Gasteiger partial charge is 0.401 e. The molecule has 1 rings (SSSR count). The second-order valence-electron chi connectivity index (χ2n) is 3.81. The first-order chi connectivity index (χ1) is 6.47. The van der Waals surface area contributed by atoms with E-state index >= 15 is 0 Å². The van der Waals surface area contributed by atoms with Gasteiger partial charge in [-0.05, 0) is 19.1 Å². The quantitative estimate of drug-likeness (QED) is 0.792. The molecule has 84 valence electrons. The topological polar surface area (TPSA) is 12.0 Å². The molecule has 1 saturated carbocycles. The number of nitrogens with one attached hydrogen (secondary N) is 1. The van der Waals surface area contributed by atoms with E-state index in [9.17, 15) is 13.2 Å². The fraction of sp³-hybridized carbons (Fsp3) is 1.00. The zero-order chi connectivity index (χ0) is 10.7. The summed E-state index contributed by atoms with van der Waals surface area (Å²) in [6.07, 6.45) is 2.28. The molecule has 1 aliphatic carbocycles. The summed E-state index contributed by atoms with van der Waals surface area (Å²) in [6, 6.07) is 0. The van der Waals surface area contributed by atoms with E-state index in [-0.39, 0.29) is 4.75 Å². The van der Waals surface area contributed by atoms with Gasteiger partial charge in [-0.3, -0.25) is 0 Å². The summed E-state index contributed by atoms with van der Waals surface area (Å²) in [4.78, 5) is 0. The van der Waals surface area contributed by atoms with Crippen molar-refractivity contribution in [2.24, 2.45) is 0 Å². The van der Waals surface area contributed by atoms with Crippen LogP contribution in [0.25, 0.3) is 0 Å². The number of alkyl halides is 3. The standard InChI is InChI=1S/C9H16F3NS/c1-14-8(4-2-3-5-8)6-13-7-9(10,11)12/h13H,2-7H2,1H3. The summed E-state index contributed by atoms with van der Waals surface area (Å²) in [7, 11) is 0. The lowest BCUT2D eigenvalue weighted by Gasteiger charge is -2.27. The van der Waals surface area contributed by atoms with Crippen molar-refractivity contribution in [3.05, 3.63) is 0 Å². The van der Waals surface area contributed by atoms with Crippen LogP contribution in [0.5, 0.6) is 0 Å². The molecule has 0 heterocycles. The highest BCUT2D eigenvalue weighted by molar-refractivity contribution is 8.00. The number of hydrogen-bond acceptors (Lipinski definition) is 2. The van der Waals surface area contributed by atoms with Crippen molar-refractivity contribution < 1.29 is 13.2 Å². The Bertz CT molecular complexity index is 175. The van der Waals surface area contributed by atoms with Crippen molar-refractivity contribution >= 4 is 11.8 Å². The molecule has 0 bridgehead atoms. The van der Waals surface area contributed by atoms with Gasteiger partial charge in [-0.2, -0.15) is 24.9 Å². The van der Waals surface area contributed by atoms with E-state index in [1.165, 1.54) is 0 Å². The molecule has 0 radical (unpaired) electrons. The average Bonchev–Trinajstić information content (AvgIpc) is 2.52. The molecular weight excluding hydrogens is 211 g/mol. The van der Waals surface area contributed by atoms with Gasteiger partial charge in [-0.25, -0.2) is 0 Å². The van der Waals surface area contributed by atoms with Gasteiger partial charge in [0.05, 0.1) is 6.54 Å². The van der Waals surface area contributed by atoms with Crippen molar-refractivity contribution in [2.75, 3.05) is 19.3 Å². The van der Waals surface area contributed by atoms with Gasteiger partial charge in [0.2, 0.25) is 0 Å². The lowest BCUT2D eigenvalue weighted by Crippen LogP contribution is -2.39. The minimum atomic E-state index is -4.09. The fourth-order valence-electron chi connectivity index (χ4n) is 1.90. The second kappa shape index (κ2) is 4.75. The van der Waals surface area contributed by atoms with E-state index in [2.05, 4.69) is 5.32 Å². The smallest absolute Gasteiger partial charge is 0.307 e. The molecule has 0 atom stereocenters. The van der Waals surface area contributed by atoms with Crippen molar-refractivity contribution in [1.29, 1.82) is 0 Å². The molecule has 0 unspecified atom stereocenters. The molecule has 1 nitrogen and oxygen atoms in total. The van der Waals surface area contributed by atoms with Gasteiger partial charge >= 0.3 is 6.18 Å². The Hall–Kier alpha value is 0.100. The first kappa shape index (κ1) is 12.2. The maximum absolute atomic E-state index is 11.9. The highest BCUT2D eigenvalue weighted by atomic mass is 32.2. The maximum atomic E-state index is 11.9. The van der Waals surface area contributed by atoms with E-state index in [1.54, 1.807) is 11.8 Å². The van der Waals surface area contributed by atoms with Crippen LogP contribution in [0, 0.1) is 0 Å². The molecular formula is C9H16F3NS. The Labute approximate surface area is 86.8 Å². The number of halogens is 3. The summed E-state index contributed by atoms with van der Waals surface area (Å²) in [5, 5.41) is 2.51. The van der Waals surface area contributed by atoms with Crippen molar-refractivity contribution in [2.45, 2.75) is 36.6 Å². The van der Waals surface area contributed by atoms with Crippen LogP contribution < -0.4 is 5.32 Å². The normalized spacial score (nSPS) is 21.4. The third kappa shape index (κ3) is 3.69. The van der Waals surface area contributed by atoms with E-state index in [4.69, 9.17) is 0 Å². The van der Waals surface area contributed by atoms with Gasteiger partial charge in [-0.1, -0.05) is 12.8 Å². The predicted octanol–water partition coefficient (Wildman–Crippen LogP) is 2.81. The third-order valence-electron chi connectivity index (χ3n) is 2.72. The van der Waals surface area contributed by atoms with Crippen molar-refractivity contribution in [3.8, 4) is 0 Å². The third-order valence-corrected chi connectivity index (χ3v) is 4.14. The summed E-state index contributed by atoms with van der Waals surface area (Å²) in [5.41, 5.74) is 0. The summed E-state index contributed by atoms with van der Waals surface area (Å²) in [5.74, 6) is 0. The predicted molar refractivity (Wildman–Crippen MR) is 53.6 cm³/mol. The second-order valence-corrected chi connectivity index (χ2v) is 5.09. The molecule has 1 aliphatic rings. The molecule has 5 heteroatoms. The molecule has 1 N–H and O–H groups in total. The van der Waals surface area contributed by atoms with Crippen LogP contribution in [0.4, 0.5) is 13.2 Å². The van der Waals surface area contributed by atoms with Gasteiger partial charge < -0.3 is 5.32 Å². The van der Waals surface area contributed by atoms with Crippen molar-refractivity contribution in [3.63, 3.8) is 0 Å². The Morgan fingerprint density at radius 3 is 2.29 bits per heavy atom. The molecule has 0 aliphatic heterocycles. The fourth-order valence-corrected chi connectivity index (χ4v) is 2.85. The number of hydrogen-bond donors (Lipinski definition) is 1. The summed E-state index contributed by atoms with van der Waals surface area (Å²) >= 11 is 1.70. The molecule has 0 spiro atoms. The van der Waals surface area contributed by atoms with Crippen LogP contribution in [0.15, 0.2) is 0 Å². The molecule has 1 fully saturated rings. The van der Waals surface area contributed by atoms with Gasteiger partial charge in [0, 0.05) is 11.3 Å². The van der Waals surface area contributed by atoms with Crippen molar-refractivity contribution in [1.82, 2.24) is 5.32 Å². The van der Waals surface area contributed by atoms with Crippen LogP contribution in [-0.2, 0) is 0 Å². The maximum Gasteiger partial charge on any atom is 0.401 e. The molecule has 0 aromatic carbocycles. The lowest BCUT2D eigenvalue weighted by atomic mass is 10.1. The zero-order valence-electron chi connectivity index (χ0n) is 8.28. The van der Waals surface area contributed by atoms with Crippen LogP contribution in [0.3, 0.4) is 0 Å². The molecule has 0 amide bonds. The Kier molecular flexibility index (Phi) is 4.13. The summed E-state index contributed by atoms with van der Waals surface area (Å²) < 4.78 is 35.7. The Balaban J connectivity index is 2.28. The first-order valence-corrected chi connectivity index (χ1v) is 6.03. The minimum absolute atomic E-state index is 0.0608. The zero-order valence-corrected chi connectivity index (χ0v) is 9.10. The average molecular weight is 227 g/mol. The Morgan fingerprint density at radius 2 is 1.86 bits per heavy atom. The number of thioether (sulfide) groups is 1. The van der Waals surface area contributed by atoms with Gasteiger partial charge in [0.15, 0.2) is 0 Å².